The molecule has 0 saturated carbocycles. The van der Waals surface area contributed by atoms with E-state index < -0.39 is 27.4 Å². The SMILES string of the molecule is COc1ccc(S(=O)(=O)N(C)CC(=O)Nc2cc([N+](=O)[O-])ccc2C)cc1C. The Morgan fingerprint density at radius 2 is 1.86 bits per heavy atom. The van der Waals surface area contributed by atoms with Gasteiger partial charge in [0.15, 0.2) is 0 Å². The average molecular weight is 407 g/mol. The van der Waals surface area contributed by atoms with Gasteiger partial charge in [-0.3, -0.25) is 14.9 Å². The van der Waals surface area contributed by atoms with Crippen LogP contribution in [-0.4, -0.2) is 44.3 Å². The Balaban J connectivity index is 2.16. The molecule has 0 radical (unpaired) electrons. The second kappa shape index (κ2) is 8.36. The Hall–Kier alpha value is -2.98. The molecule has 2 rings (SSSR count). The first-order chi connectivity index (χ1) is 13.1. The van der Waals surface area contributed by atoms with Crippen molar-refractivity contribution in [1.29, 1.82) is 0 Å². The normalized spacial score (nSPS) is 11.3. The third-order valence-electron chi connectivity index (χ3n) is 4.15. The topological polar surface area (TPSA) is 119 Å². The number of carbonyl (C=O) groups excluding carboxylic acids is 1. The molecule has 0 saturated heterocycles. The number of non-ortho nitro benzene ring substituents is 1. The minimum atomic E-state index is -3.90. The molecular weight excluding hydrogens is 386 g/mol. The zero-order valence-corrected chi connectivity index (χ0v) is 16.7. The number of amides is 1. The maximum absolute atomic E-state index is 12.7. The lowest BCUT2D eigenvalue weighted by molar-refractivity contribution is -0.384. The van der Waals surface area contributed by atoms with Crippen molar-refractivity contribution >= 4 is 27.3 Å². The first kappa shape index (κ1) is 21.3. The Labute approximate surface area is 163 Å². The molecule has 28 heavy (non-hydrogen) atoms. The van der Waals surface area contributed by atoms with Crippen molar-refractivity contribution in [2.75, 3.05) is 26.0 Å². The van der Waals surface area contributed by atoms with E-state index in [0.717, 1.165) is 4.31 Å². The van der Waals surface area contributed by atoms with Gasteiger partial charge < -0.3 is 10.1 Å². The van der Waals surface area contributed by atoms with Gasteiger partial charge in [-0.2, -0.15) is 4.31 Å². The molecule has 0 aliphatic rings. The second-order valence-corrected chi connectivity index (χ2v) is 8.24. The van der Waals surface area contributed by atoms with Crippen molar-refractivity contribution in [2.45, 2.75) is 18.7 Å². The monoisotopic (exact) mass is 407 g/mol. The van der Waals surface area contributed by atoms with Crippen LogP contribution in [0, 0.1) is 24.0 Å². The van der Waals surface area contributed by atoms with E-state index in [2.05, 4.69) is 5.32 Å². The molecule has 9 nitrogen and oxygen atoms in total. The third-order valence-corrected chi connectivity index (χ3v) is 5.95. The number of hydrogen-bond donors (Lipinski definition) is 1. The maximum atomic E-state index is 12.7. The fourth-order valence-corrected chi connectivity index (χ4v) is 3.74. The molecule has 0 heterocycles. The van der Waals surface area contributed by atoms with Gasteiger partial charge in [-0.05, 0) is 43.2 Å². The number of hydrogen-bond acceptors (Lipinski definition) is 6. The number of nitrogens with zero attached hydrogens (tertiary/aromatic N) is 2. The lowest BCUT2D eigenvalue weighted by Crippen LogP contribution is -2.35. The van der Waals surface area contributed by atoms with Crippen LogP contribution in [0.2, 0.25) is 0 Å². The van der Waals surface area contributed by atoms with Crippen LogP contribution in [0.1, 0.15) is 11.1 Å². The summed E-state index contributed by atoms with van der Waals surface area (Å²) in [4.78, 5) is 22.6. The Bertz CT molecular complexity index is 1020. The molecule has 0 fully saturated rings. The van der Waals surface area contributed by atoms with Crippen LogP contribution in [0.5, 0.6) is 5.75 Å². The summed E-state index contributed by atoms with van der Waals surface area (Å²) in [7, 11) is -1.12. The zero-order chi connectivity index (χ0) is 21.1. The number of ether oxygens (including phenoxy) is 1. The predicted molar refractivity (Wildman–Crippen MR) is 104 cm³/mol. The molecule has 0 atom stereocenters. The molecule has 10 heteroatoms. The number of benzene rings is 2. The van der Waals surface area contributed by atoms with Gasteiger partial charge in [-0.25, -0.2) is 8.42 Å². The van der Waals surface area contributed by atoms with Crippen molar-refractivity contribution in [2.24, 2.45) is 0 Å². The minimum absolute atomic E-state index is 0.0348. The Kier molecular flexibility index (Phi) is 6.37. The maximum Gasteiger partial charge on any atom is 0.271 e. The summed E-state index contributed by atoms with van der Waals surface area (Å²) in [6, 6.07) is 8.48. The van der Waals surface area contributed by atoms with Gasteiger partial charge in [-0.1, -0.05) is 6.07 Å². The molecule has 0 bridgehead atoms. The van der Waals surface area contributed by atoms with Gasteiger partial charge in [0, 0.05) is 19.2 Å². The lowest BCUT2D eigenvalue weighted by Gasteiger charge is -2.18. The highest BCUT2D eigenvalue weighted by molar-refractivity contribution is 7.89. The molecule has 2 aromatic rings. The van der Waals surface area contributed by atoms with E-state index in [1.807, 2.05) is 0 Å². The largest absolute Gasteiger partial charge is 0.496 e. The number of carbonyl (C=O) groups is 1. The van der Waals surface area contributed by atoms with Crippen molar-refractivity contribution < 1.29 is 22.9 Å². The van der Waals surface area contributed by atoms with Gasteiger partial charge in [0.2, 0.25) is 15.9 Å². The molecule has 2 aromatic carbocycles. The summed E-state index contributed by atoms with van der Waals surface area (Å²) in [5.41, 5.74) is 1.35. The van der Waals surface area contributed by atoms with Crippen LogP contribution in [0.15, 0.2) is 41.3 Å². The average Bonchev–Trinajstić information content (AvgIpc) is 2.63. The van der Waals surface area contributed by atoms with E-state index in [1.165, 1.54) is 44.5 Å². The fraction of sp³-hybridized carbons (Fsp3) is 0.278. The van der Waals surface area contributed by atoms with Gasteiger partial charge in [-0.15, -0.1) is 0 Å². The zero-order valence-electron chi connectivity index (χ0n) is 15.9. The van der Waals surface area contributed by atoms with Crippen LogP contribution in [0.25, 0.3) is 0 Å². The summed E-state index contributed by atoms with van der Waals surface area (Å²) in [5, 5.41) is 13.4. The quantitative estimate of drug-likeness (QED) is 0.556. The predicted octanol–water partition coefficient (Wildman–Crippen LogP) is 2.48. The van der Waals surface area contributed by atoms with E-state index in [0.29, 0.717) is 16.9 Å². The van der Waals surface area contributed by atoms with Crippen molar-refractivity contribution in [3.63, 3.8) is 0 Å². The molecule has 0 aliphatic carbocycles. The van der Waals surface area contributed by atoms with E-state index in [1.54, 1.807) is 19.9 Å². The van der Waals surface area contributed by atoms with Crippen molar-refractivity contribution in [3.05, 3.63) is 57.6 Å². The fourth-order valence-electron chi connectivity index (χ4n) is 2.53. The smallest absolute Gasteiger partial charge is 0.271 e. The molecule has 1 N–H and O–H groups in total. The molecule has 0 unspecified atom stereocenters. The molecule has 0 aromatic heterocycles. The van der Waals surface area contributed by atoms with Crippen molar-refractivity contribution in [3.8, 4) is 5.75 Å². The van der Waals surface area contributed by atoms with E-state index in [-0.39, 0.29) is 16.3 Å². The van der Waals surface area contributed by atoms with Crippen LogP contribution < -0.4 is 10.1 Å². The van der Waals surface area contributed by atoms with Gasteiger partial charge in [0.1, 0.15) is 5.75 Å². The Morgan fingerprint density at radius 1 is 1.18 bits per heavy atom. The highest BCUT2D eigenvalue weighted by Gasteiger charge is 2.24. The van der Waals surface area contributed by atoms with E-state index in [4.69, 9.17) is 4.74 Å². The number of anilines is 1. The molecule has 1 amide bonds. The third kappa shape index (κ3) is 4.65. The summed E-state index contributed by atoms with van der Waals surface area (Å²) < 4.78 is 31.4. The van der Waals surface area contributed by atoms with Crippen molar-refractivity contribution in [1.82, 2.24) is 4.31 Å². The number of aryl methyl sites for hydroxylation is 2. The van der Waals surface area contributed by atoms with Crippen LogP contribution in [-0.2, 0) is 14.8 Å². The number of nitro benzene ring substituents is 1. The van der Waals surface area contributed by atoms with Crippen LogP contribution in [0.3, 0.4) is 0 Å². The highest BCUT2D eigenvalue weighted by Crippen LogP contribution is 2.24. The molecule has 0 aliphatic heterocycles. The molecule has 150 valence electrons. The number of rotatable bonds is 7. The van der Waals surface area contributed by atoms with E-state index in [9.17, 15) is 23.3 Å². The van der Waals surface area contributed by atoms with Gasteiger partial charge in [0.25, 0.3) is 5.69 Å². The lowest BCUT2D eigenvalue weighted by atomic mass is 10.2. The summed E-state index contributed by atoms with van der Waals surface area (Å²) >= 11 is 0. The summed E-state index contributed by atoms with van der Waals surface area (Å²) in [5.74, 6) is -0.0552. The first-order valence-corrected chi connectivity index (χ1v) is 9.66. The molecule has 0 spiro atoms. The van der Waals surface area contributed by atoms with Crippen LogP contribution in [0.4, 0.5) is 11.4 Å². The number of sulfonamides is 1. The minimum Gasteiger partial charge on any atom is -0.496 e. The second-order valence-electron chi connectivity index (χ2n) is 6.20. The number of methoxy groups -OCH3 is 1. The number of nitrogens with one attached hydrogen (secondary N) is 1. The molecular formula is C18H21N3O6S. The number of likely N-dealkylation sites (N-methyl/N-ethyl adjacent to an activating group) is 1. The Morgan fingerprint density at radius 3 is 2.43 bits per heavy atom. The highest BCUT2D eigenvalue weighted by atomic mass is 32.2. The van der Waals surface area contributed by atoms with Gasteiger partial charge in [0.05, 0.1) is 29.2 Å². The standard InChI is InChI=1S/C18H21N3O6S/c1-12-5-6-14(21(23)24)10-16(12)19-18(22)11-20(3)28(25,26)15-7-8-17(27-4)13(2)9-15/h5-10H,11H2,1-4H3,(H,19,22). The van der Waals surface area contributed by atoms with Crippen LogP contribution >= 0.6 is 0 Å². The van der Waals surface area contributed by atoms with Gasteiger partial charge >= 0.3 is 0 Å². The number of nitro groups is 1. The summed E-state index contributed by atoms with van der Waals surface area (Å²) in [6.07, 6.45) is 0. The first-order valence-electron chi connectivity index (χ1n) is 8.22. The summed E-state index contributed by atoms with van der Waals surface area (Å²) in [6.45, 7) is 2.95. The van der Waals surface area contributed by atoms with E-state index >= 15 is 0 Å².